The Balaban J connectivity index is 0.00000281. The summed E-state index contributed by atoms with van der Waals surface area (Å²) in [6.45, 7) is 2.54. The molecule has 0 fully saturated rings. The Bertz CT molecular complexity index is 841. The molecule has 34 heavy (non-hydrogen) atoms. The fourth-order valence-corrected chi connectivity index (χ4v) is 4.35. The Labute approximate surface area is 216 Å². The van der Waals surface area contributed by atoms with Gasteiger partial charge in [0, 0.05) is 0 Å². The second-order valence-corrected chi connectivity index (χ2v) is 8.97. The summed E-state index contributed by atoms with van der Waals surface area (Å²) in [4.78, 5) is 26.2. The van der Waals surface area contributed by atoms with Crippen molar-refractivity contribution in [2.45, 2.75) is 77.0 Å². The largest absolute Gasteiger partial charge is 0.465 e. The van der Waals surface area contributed by atoms with Gasteiger partial charge in [-0.3, -0.25) is 9.59 Å². The second kappa shape index (κ2) is 18.6. The van der Waals surface area contributed by atoms with E-state index in [1.54, 1.807) is 42.5 Å². The molecule has 0 aliphatic rings. The first-order valence-corrected chi connectivity index (χ1v) is 13.2. The number of hydrogen-bond donors (Lipinski definition) is 0. The molecule has 0 amide bonds. The predicted octanol–water partition coefficient (Wildman–Crippen LogP) is 8.63. The highest BCUT2D eigenvalue weighted by atomic mass is 35.5. The number of ketones is 1. The zero-order valence-electron chi connectivity index (χ0n) is 19.9. The molecular formula is C27H36Cl2O4P+. The minimum Gasteiger partial charge on any atom is -0.465 e. The summed E-state index contributed by atoms with van der Waals surface area (Å²) in [5.74, 6) is -2.09. The highest BCUT2D eigenvalue weighted by molar-refractivity contribution is 7.00. The Morgan fingerprint density at radius 2 is 1.26 bits per heavy atom. The lowest BCUT2D eigenvalue weighted by atomic mass is 9.90. The number of benzene rings is 2. The van der Waals surface area contributed by atoms with Crippen LogP contribution in [-0.4, -0.2) is 18.4 Å². The van der Waals surface area contributed by atoms with Gasteiger partial charge in [0.25, 0.3) is 0 Å². The number of halogens is 2. The van der Waals surface area contributed by atoms with Crippen LogP contribution in [0.4, 0.5) is 0 Å². The van der Waals surface area contributed by atoms with E-state index in [0.29, 0.717) is 12.2 Å². The molecule has 7 heteroatoms. The first kappa shape index (κ1) is 30.3. The number of esters is 1. The van der Waals surface area contributed by atoms with E-state index < -0.39 is 17.7 Å². The molecule has 2 rings (SSSR count). The minimum absolute atomic E-state index is 0.153. The van der Waals surface area contributed by atoms with Crippen LogP contribution < -0.4 is 0 Å². The summed E-state index contributed by atoms with van der Waals surface area (Å²) in [5, 5.41) is 0.455. The fourth-order valence-electron chi connectivity index (χ4n) is 3.76. The third-order valence-electron chi connectivity index (χ3n) is 5.58. The molecular weight excluding hydrogens is 490 g/mol. The Hall–Kier alpha value is -1.74. The SMILES string of the molecule is CCCCCCCCCCCCOC(=O)C(C(=O)c1c(Cl)cccc1Cl)c1ccccc1.O=[PH2+]. The van der Waals surface area contributed by atoms with Gasteiger partial charge >= 0.3 is 15.1 Å². The molecule has 0 heterocycles. The van der Waals surface area contributed by atoms with Gasteiger partial charge in [-0.05, 0) is 24.1 Å². The topological polar surface area (TPSA) is 60.4 Å². The van der Waals surface area contributed by atoms with E-state index >= 15 is 0 Å². The number of hydrogen-bond acceptors (Lipinski definition) is 4. The van der Waals surface area contributed by atoms with E-state index in [9.17, 15) is 9.59 Å². The third kappa shape index (κ3) is 10.7. The summed E-state index contributed by atoms with van der Waals surface area (Å²) in [7, 11) is 1.17. The predicted molar refractivity (Wildman–Crippen MR) is 143 cm³/mol. The quantitative estimate of drug-likeness (QED) is 0.0766. The second-order valence-electron chi connectivity index (χ2n) is 8.15. The molecule has 0 N–H and O–H groups in total. The van der Waals surface area contributed by atoms with Gasteiger partial charge in [-0.25, -0.2) is 0 Å². The van der Waals surface area contributed by atoms with E-state index in [2.05, 4.69) is 6.92 Å². The monoisotopic (exact) mass is 525 g/mol. The van der Waals surface area contributed by atoms with Crippen LogP contribution in [0.1, 0.15) is 93.0 Å². The van der Waals surface area contributed by atoms with Crippen molar-refractivity contribution in [1.29, 1.82) is 0 Å². The lowest BCUT2D eigenvalue weighted by Gasteiger charge is -2.17. The highest BCUT2D eigenvalue weighted by Gasteiger charge is 2.33. The van der Waals surface area contributed by atoms with Crippen LogP contribution in [-0.2, 0) is 14.1 Å². The number of Topliss-reactive ketones (excluding diaryl/α,β-unsaturated/α-hetero) is 1. The highest BCUT2D eigenvalue weighted by Crippen LogP contribution is 2.31. The average molecular weight is 526 g/mol. The molecule has 0 aromatic heterocycles. The van der Waals surface area contributed by atoms with Gasteiger partial charge in [-0.2, -0.15) is 0 Å². The van der Waals surface area contributed by atoms with E-state index in [0.717, 1.165) is 19.3 Å². The van der Waals surface area contributed by atoms with Crippen molar-refractivity contribution in [1.82, 2.24) is 0 Å². The van der Waals surface area contributed by atoms with E-state index in [4.69, 9.17) is 32.5 Å². The van der Waals surface area contributed by atoms with Crippen molar-refractivity contribution in [2.75, 3.05) is 6.61 Å². The number of ether oxygens (including phenoxy) is 1. The normalized spacial score (nSPS) is 11.3. The average Bonchev–Trinajstić information content (AvgIpc) is 2.84. The minimum atomic E-state index is -1.09. The molecule has 0 saturated carbocycles. The van der Waals surface area contributed by atoms with Gasteiger partial charge in [0.05, 0.1) is 22.2 Å². The van der Waals surface area contributed by atoms with E-state index in [1.807, 2.05) is 6.07 Å². The Kier molecular flexibility index (Phi) is 16.5. The van der Waals surface area contributed by atoms with Crippen LogP contribution >= 0.6 is 32.3 Å². The standard InChI is InChI=1S/C27H34Cl2O3.H2OP/c1-2-3-4-5-6-7-8-9-10-14-20-32-27(31)24(21-16-12-11-13-17-21)26(30)25-22(28)18-15-19-23(25)29;1-2/h11-13,15-19,24H,2-10,14,20H2,1H3;2H2/q;+1. The molecule has 186 valence electrons. The van der Waals surface area contributed by atoms with Gasteiger partial charge in [0.15, 0.2) is 5.78 Å². The maximum Gasteiger partial charge on any atom is 0.321 e. The molecule has 2 aromatic carbocycles. The van der Waals surface area contributed by atoms with Crippen molar-refractivity contribution in [3.63, 3.8) is 0 Å². The number of carbonyl (C=O) groups excluding carboxylic acids is 2. The molecule has 2 atom stereocenters. The molecule has 4 nitrogen and oxygen atoms in total. The number of carbonyl (C=O) groups is 2. The summed E-state index contributed by atoms with van der Waals surface area (Å²) < 4.78 is 13.7. The molecule has 2 aromatic rings. The van der Waals surface area contributed by atoms with Gasteiger partial charge < -0.3 is 4.74 Å². The van der Waals surface area contributed by atoms with E-state index in [1.165, 1.54) is 54.1 Å². The first-order valence-electron chi connectivity index (χ1n) is 12.0. The van der Waals surface area contributed by atoms with Crippen molar-refractivity contribution >= 4 is 44.1 Å². The molecule has 0 spiro atoms. The van der Waals surface area contributed by atoms with Crippen LogP contribution in [0.3, 0.4) is 0 Å². The van der Waals surface area contributed by atoms with Crippen LogP contribution in [0.15, 0.2) is 48.5 Å². The van der Waals surface area contributed by atoms with Gasteiger partial charge in [0.1, 0.15) is 5.92 Å². The fraction of sp³-hybridized carbons (Fsp3) is 0.481. The van der Waals surface area contributed by atoms with Crippen molar-refractivity contribution in [3.8, 4) is 0 Å². The maximum atomic E-state index is 13.3. The van der Waals surface area contributed by atoms with Gasteiger partial charge in [-0.1, -0.05) is 129 Å². The Morgan fingerprint density at radius 1 is 0.765 bits per heavy atom. The van der Waals surface area contributed by atoms with Gasteiger partial charge in [0.2, 0.25) is 0 Å². The van der Waals surface area contributed by atoms with Crippen molar-refractivity contribution in [3.05, 3.63) is 69.7 Å². The number of unbranched alkanes of at least 4 members (excludes halogenated alkanes) is 9. The third-order valence-corrected chi connectivity index (χ3v) is 6.21. The zero-order chi connectivity index (χ0) is 25.2. The lowest BCUT2D eigenvalue weighted by Crippen LogP contribution is -2.25. The Morgan fingerprint density at radius 3 is 1.79 bits per heavy atom. The molecule has 0 radical (unpaired) electrons. The summed E-state index contributed by atoms with van der Waals surface area (Å²) in [6.07, 6.45) is 12.0. The first-order chi connectivity index (χ1) is 16.6. The zero-order valence-corrected chi connectivity index (χ0v) is 22.6. The lowest BCUT2D eigenvalue weighted by molar-refractivity contribution is -0.144. The number of rotatable bonds is 15. The van der Waals surface area contributed by atoms with Crippen LogP contribution in [0, 0.1) is 0 Å². The molecule has 2 unspecified atom stereocenters. The molecule has 0 aliphatic carbocycles. The molecule has 0 aliphatic heterocycles. The van der Waals surface area contributed by atoms with Gasteiger partial charge in [-0.15, -0.1) is 0 Å². The van der Waals surface area contributed by atoms with Crippen LogP contribution in [0.2, 0.25) is 10.0 Å². The van der Waals surface area contributed by atoms with Crippen LogP contribution in [0.5, 0.6) is 0 Å². The van der Waals surface area contributed by atoms with E-state index in [-0.39, 0.29) is 15.6 Å². The van der Waals surface area contributed by atoms with Crippen LogP contribution in [0.25, 0.3) is 0 Å². The summed E-state index contributed by atoms with van der Waals surface area (Å²) >= 11 is 12.5. The van der Waals surface area contributed by atoms with Crippen molar-refractivity contribution in [2.24, 2.45) is 0 Å². The summed E-state index contributed by atoms with van der Waals surface area (Å²) in [6, 6.07) is 13.8. The van der Waals surface area contributed by atoms with Crippen molar-refractivity contribution < 1.29 is 18.9 Å². The maximum absolute atomic E-state index is 13.3. The molecule has 0 saturated heterocycles. The molecule has 0 bridgehead atoms. The smallest absolute Gasteiger partial charge is 0.321 e. The summed E-state index contributed by atoms with van der Waals surface area (Å²) in [5.41, 5.74) is 0.724.